The SMILES string of the molecule is Cc1c(-c2ccc(C(F)(F)F)cc2O)nnc2c1ncn2CC(C)O. The predicted molar refractivity (Wildman–Crippen MR) is 83.8 cm³/mol. The van der Waals surface area contributed by atoms with Crippen LogP contribution in [0.15, 0.2) is 24.5 Å². The molecule has 1 atom stereocenters. The van der Waals surface area contributed by atoms with Crippen LogP contribution in [-0.4, -0.2) is 36.1 Å². The van der Waals surface area contributed by atoms with Gasteiger partial charge >= 0.3 is 6.18 Å². The summed E-state index contributed by atoms with van der Waals surface area (Å²) in [5, 5.41) is 27.6. The zero-order valence-corrected chi connectivity index (χ0v) is 13.4. The summed E-state index contributed by atoms with van der Waals surface area (Å²) in [5.41, 5.74) is 0.982. The first-order valence-electron chi connectivity index (χ1n) is 7.45. The van der Waals surface area contributed by atoms with E-state index in [2.05, 4.69) is 15.2 Å². The molecule has 1 aromatic carbocycles. The van der Waals surface area contributed by atoms with E-state index in [0.29, 0.717) is 22.8 Å². The summed E-state index contributed by atoms with van der Waals surface area (Å²) in [6, 6.07) is 2.70. The molecule has 0 amide bonds. The third-order valence-corrected chi connectivity index (χ3v) is 3.81. The van der Waals surface area contributed by atoms with Crippen LogP contribution in [0.3, 0.4) is 0 Å². The molecule has 2 N–H and O–H groups in total. The van der Waals surface area contributed by atoms with Crippen LogP contribution in [0, 0.1) is 6.92 Å². The van der Waals surface area contributed by atoms with Gasteiger partial charge in [-0.25, -0.2) is 4.98 Å². The number of alkyl halides is 3. The number of aromatic nitrogens is 4. The van der Waals surface area contributed by atoms with E-state index in [9.17, 15) is 23.4 Å². The summed E-state index contributed by atoms with van der Waals surface area (Å²) < 4.78 is 39.8. The van der Waals surface area contributed by atoms with E-state index < -0.39 is 23.6 Å². The summed E-state index contributed by atoms with van der Waals surface area (Å²) in [5.74, 6) is -0.532. The largest absolute Gasteiger partial charge is 0.507 e. The molecule has 6 nitrogen and oxygen atoms in total. The van der Waals surface area contributed by atoms with Crippen molar-refractivity contribution in [1.82, 2.24) is 19.7 Å². The van der Waals surface area contributed by atoms with Gasteiger partial charge in [0.05, 0.1) is 24.5 Å². The van der Waals surface area contributed by atoms with Gasteiger partial charge in [-0.1, -0.05) is 0 Å². The summed E-state index contributed by atoms with van der Waals surface area (Å²) in [6.07, 6.45) is -3.63. The minimum Gasteiger partial charge on any atom is -0.507 e. The van der Waals surface area contributed by atoms with Crippen molar-refractivity contribution in [3.8, 4) is 17.0 Å². The van der Waals surface area contributed by atoms with Gasteiger partial charge in [0, 0.05) is 11.1 Å². The highest BCUT2D eigenvalue weighted by Crippen LogP contribution is 2.37. The molecule has 0 aliphatic carbocycles. The number of nitrogens with zero attached hydrogens (tertiary/aromatic N) is 4. The molecule has 1 unspecified atom stereocenters. The Hall–Kier alpha value is -2.68. The molecular formula is C16H15F3N4O2. The number of phenols is 1. The van der Waals surface area contributed by atoms with Crippen molar-refractivity contribution >= 4 is 11.2 Å². The van der Waals surface area contributed by atoms with E-state index in [1.165, 1.54) is 6.33 Å². The number of hydrogen-bond donors (Lipinski definition) is 2. The second kappa shape index (κ2) is 5.99. The number of phenolic OH excluding ortho intramolecular Hbond substituents is 1. The van der Waals surface area contributed by atoms with E-state index in [0.717, 1.165) is 12.1 Å². The van der Waals surface area contributed by atoms with Gasteiger partial charge < -0.3 is 14.8 Å². The Bertz CT molecular complexity index is 935. The van der Waals surface area contributed by atoms with E-state index in [1.807, 2.05) is 0 Å². The Balaban J connectivity index is 2.09. The average Bonchev–Trinajstić information content (AvgIpc) is 2.90. The van der Waals surface area contributed by atoms with Crippen molar-refractivity contribution in [3.05, 3.63) is 35.7 Å². The molecule has 2 heterocycles. The fourth-order valence-corrected chi connectivity index (χ4v) is 2.61. The molecule has 2 aromatic heterocycles. The number of aliphatic hydroxyl groups excluding tert-OH is 1. The monoisotopic (exact) mass is 352 g/mol. The van der Waals surface area contributed by atoms with Gasteiger partial charge in [-0.15, -0.1) is 10.2 Å². The quantitative estimate of drug-likeness (QED) is 0.757. The fourth-order valence-electron chi connectivity index (χ4n) is 2.61. The standard InChI is InChI=1S/C16H15F3N4O2/c1-8(24)6-23-7-20-14-9(2)13(21-22-15(14)23)11-4-3-10(5-12(11)25)16(17,18)19/h3-5,7-8,24-25H,6H2,1-2H3. The molecule has 0 aliphatic heterocycles. The summed E-state index contributed by atoms with van der Waals surface area (Å²) in [7, 11) is 0. The number of aliphatic hydroxyl groups is 1. The van der Waals surface area contributed by atoms with Gasteiger partial charge in [-0.2, -0.15) is 13.2 Å². The number of benzene rings is 1. The van der Waals surface area contributed by atoms with Gasteiger partial charge in [0.1, 0.15) is 17.0 Å². The van der Waals surface area contributed by atoms with E-state index in [4.69, 9.17) is 0 Å². The lowest BCUT2D eigenvalue weighted by atomic mass is 10.0. The fraction of sp³-hybridized carbons (Fsp3) is 0.312. The lowest BCUT2D eigenvalue weighted by molar-refractivity contribution is -0.137. The molecule has 0 saturated heterocycles. The summed E-state index contributed by atoms with van der Waals surface area (Å²) in [6.45, 7) is 3.61. The zero-order chi connectivity index (χ0) is 18.4. The average molecular weight is 352 g/mol. The van der Waals surface area contributed by atoms with Crippen molar-refractivity contribution in [2.75, 3.05) is 0 Å². The summed E-state index contributed by atoms with van der Waals surface area (Å²) in [4.78, 5) is 4.23. The van der Waals surface area contributed by atoms with Crippen molar-refractivity contribution < 1.29 is 23.4 Å². The van der Waals surface area contributed by atoms with Crippen LogP contribution in [0.5, 0.6) is 5.75 Å². The Morgan fingerprint density at radius 1 is 1.24 bits per heavy atom. The number of fused-ring (bicyclic) bond motifs is 1. The first kappa shape index (κ1) is 17.2. The van der Waals surface area contributed by atoms with E-state index >= 15 is 0 Å². The predicted octanol–water partition coefficient (Wildman–Crippen LogP) is 2.91. The lowest BCUT2D eigenvalue weighted by Crippen LogP contribution is -2.11. The molecule has 3 aromatic rings. The summed E-state index contributed by atoms with van der Waals surface area (Å²) >= 11 is 0. The first-order chi connectivity index (χ1) is 11.7. The maximum Gasteiger partial charge on any atom is 0.416 e. The number of aryl methyl sites for hydroxylation is 1. The third-order valence-electron chi connectivity index (χ3n) is 3.81. The molecule has 0 fully saturated rings. The molecule has 3 rings (SSSR count). The number of rotatable bonds is 3. The number of halogens is 3. The highest BCUT2D eigenvalue weighted by atomic mass is 19.4. The molecular weight excluding hydrogens is 337 g/mol. The maximum absolute atomic E-state index is 12.7. The Kier molecular flexibility index (Phi) is 4.11. The smallest absolute Gasteiger partial charge is 0.416 e. The van der Waals surface area contributed by atoms with Crippen molar-refractivity contribution in [3.63, 3.8) is 0 Å². The van der Waals surface area contributed by atoms with E-state index in [1.54, 1.807) is 18.4 Å². The Labute approximate surface area is 140 Å². The number of aromatic hydroxyl groups is 1. The molecule has 132 valence electrons. The zero-order valence-electron chi connectivity index (χ0n) is 13.4. The van der Waals surface area contributed by atoms with Crippen molar-refractivity contribution in [2.45, 2.75) is 32.7 Å². The minimum absolute atomic E-state index is 0.143. The van der Waals surface area contributed by atoms with Gasteiger partial charge in [0.25, 0.3) is 0 Å². The highest BCUT2D eigenvalue weighted by molar-refractivity contribution is 5.82. The van der Waals surface area contributed by atoms with Crippen molar-refractivity contribution in [2.24, 2.45) is 0 Å². The molecule has 25 heavy (non-hydrogen) atoms. The van der Waals surface area contributed by atoms with Crippen LogP contribution in [0.4, 0.5) is 13.2 Å². The topological polar surface area (TPSA) is 84.1 Å². The minimum atomic E-state index is -4.54. The number of hydrogen-bond acceptors (Lipinski definition) is 5. The molecule has 0 spiro atoms. The maximum atomic E-state index is 12.7. The molecule has 0 radical (unpaired) electrons. The van der Waals surface area contributed by atoms with Gasteiger partial charge in [0.2, 0.25) is 0 Å². The van der Waals surface area contributed by atoms with Crippen LogP contribution in [0.25, 0.3) is 22.4 Å². The van der Waals surface area contributed by atoms with Crippen LogP contribution in [0.1, 0.15) is 18.1 Å². The normalized spacial score (nSPS) is 13.4. The highest BCUT2D eigenvalue weighted by Gasteiger charge is 2.31. The van der Waals surface area contributed by atoms with Crippen LogP contribution in [-0.2, 0) is 12.7 Å². The van der Waals surface area contributed by atoms with Crippen LogP contribution in [0.2, 0.25) is 0 Å². The van der Waals surface area contributed by atoms with Gasteiger partial charge in [-0.05, 0) is 32.0 Å². The molecule has 0 saturated carbocycles. The van der Waals surface area contributed by atoms with Crippen LogP contribution >= 0.6 is 0 Å². The Morgan fingerprint density at radius 3 is 2.56 bits per heavy atom. The van der Waals surface area contributed by atoms with Crippen molar-refractivity contribution in [1.29, 1.82) is 0 Å². The molecule has 0 aliphatic rings. The first-order valence-corrected chi connectivity index (χ1v) is 7.45. The van der Waals surface area contributed by atoms with Crippen LogP contribution < -0.4 is 0 Å². The van der Waals surface area contributed by atoms with Gasteiger partial charge in [0.15, 0.2) is 5.65 Å². The third kappa shape index (κ3) is 3.14. The Morgan fingerprint density at radius 2 is 1.96 bits per heavy atom. The molecule has 0 bridgehead atoms. The lowest BCUT2D eigenvalue weighted by Gasteiger charge is -2.11. The molecule has 9 heteroatoms. The second-order valence-corrected chi connectivity index (χ2v) is 5.82. The second-order valence-electron chi connectivity index (χ2n) is 5.82. The van der Waals surface area contributed by atoms with Gasteiger partial charge in [-0.3, -0.25) is 0 Å². The number of imidazole rings is 1. The van der Waals surface area contributed by atoms with E-state index in [-0.39, 0.29) is 17.8 Å².